The molecule has 0 fully saturated rings. The molecule has 0 radical (unpaired) electrons. The van der Waals surface area contributed by atoms with Crippen LogP contribution < -0.4 is 4.90 Å². The van der Waals surface area contributed by atoms with Crippen molar-refractivity contribution >= 4 is 11.8 Å². The predicted molar refractivity (Wildman–Crippen MR) is 115 cm³/mol. The highest BCUT2D eigenvalue weighted by molar-refractivity contribution is 5.75. The first-order valence-corrected chi connectivity index (χ1v) is 10.5. The van der Waals surface area contributed by atoms with Gasteiger partial charge in [0.2, 0.25) is 0 Å². The Morgan fingerprint density at radius 2 is 1.77 bits per heavy atom. The van der Waals surface area contributed by atoms with Gasteiger partial charge in [-0.2, -0.15) is 5.10 Å². The Bertz CT molecular complexity index is 999. The Morgan fingerprint density at radius 3 is 2.33 bits per heavy atom. The van der Waals surface area contributed by atoms with Gasteiger partial charge < -0.3 is 10.0 Å². The van der Waals surface area contributed by atoms with Crippen LogP contribution in [0.3, 0.4) is 0 Å². The standard InChI is InChI=1S/C23H27N5O2/c1-3-27(4-2)23-20(14-28(26-23)15-22(29)30)19-12-24-21(25-13-19)11-16-9-17-7-5-6-8-18(17)10-16/h5-8,12-14,16H,3-4,9-11,15H2,1-2H3,(H,29,30). The molecule has 156 valence electrons. The molecule has 7 heteroatoms. The lowest BCUT2D eigenvalue weighted by Crippen LogP contribution is -2.23. The van der Waals surface area contributed by atoms with Gasteiger partial charge in [-0.3, -0.25) is 9.48 Å². The van der Waals surface area contributed by atoms with Crippen LogP contribution in [0.1, 0.15) is 30.8 Å². The molecular weight excluding hydrogens is 378 g/mol. The minimum absolute atomic E-state index is 0.171. The molecule has 7 nitrogen and oxygen atoms in total. The molecule has 1 N–H and O–H groups in total. The first-order valence-electron chi connectivity index (χ1n) is 10.5. The minimum atomic E-state index is -0.917. The summed E-state index contributed by atoms with van der Waals surface area (Å²) in [5.41, 5.74) is 4.59. The average molecular weight is 406 g/mol. The van der Waals surface area contributed by atoms with E-state index in [9.17, 15) is 4.79 Å². The molecule has 3 aromatic rings. The summed E-state index contributed by atoms with van der Waals surface area (Å²) in [5, 5.41) is 13.6. The third kappa shape index (κ3) is 4.20. The van der Waals surface area contributed by atoms with Crippen molar-refractivity contribution in [2.75, 3.05) is 18.0 Å². The number of carboxylic acids is 1. The van der Waals surface area contributed by atoms with E-state index in [1.165, 1.54) is 15.8 Å². The van der Waals surface area contributed by atoms with Crippen LogP contribution in [0, 0.1) is 5.92 Å². The lowest BCUT2D eigenvalue weighted by atomic mass is 10.0. The first kappa shape index (κ1) is 20.1. The zero-order valence-corrected chi connectivity index (χ0v) is 17.5. The normalized spacial score (nSPS) is 13.4. The molecule has 0 bridgehead atoms. The molecule has 30 heavy (non-hydrogen) atoms. The van der Waals surface area contributed by atoms with Gasteiger partial charge in [0.25, 0.3) is 0 Å². The molecular formula is C23H27N5O2. The molecule has 1 aliphatic carbocycles. The van der Waals surface area contributed by atoms with Crippen molar-refractivity contribution in [2.45, 2.75) is 39.7 Å². The fraction of sp³-hybridized carbons (Fsp3) is 0.391. The number of anilines is 1. The largest absolute Gasteiger partial charge is 0.480 e. The second kappa shape index (κ2) is 8.65. The molecule has 1 aliphatic rings. The number of fused-ring (bicyclic) bond motifs is 1. The number of hydrogen-bond acceptors (Lipinski definition) is 5. The van der Waals surface area contributed by atoms with Crippen molar-refractivity contribution in [3.8, 4) is 11.1 Å². The van der Waals surface area contributed by atoms with Crippen LogP contribution in [-0.2, 0) is 30.6 Å². The Hall–Kier alpha value is -3.22. The summed E-state index contributed by atoms with van der Waals surface area (Å²) >= 11 is 0. The van der Waals surface area contributed by atoms with E-state index in [4.69, 9.17) is 5.11 Å². The lowest BCUT2D eigenvalue weighted by Gasteiger charge is -2.19. The summed E-state index contributed by atoms with van der Waals surface area (Å²) in [6, 6.07) is 8.63. The molecule has 2 heterocycles. The first-order chi connectivity index (χ1) is 14.6. The quantitative estimate of drug-likeness (QED) is 0.619. The molecule has 0 saturated carbocycles. The van der Waals surface area contributed by atoms with E-state index in [0.29, 0.717) is 5.92 Å². The van der Waals surface area contributed by atoms with Crippen LogP contribution in [-0.4, -0.2) is 43.9 Å². The summed E-state index contributed by atoms with van der Waals surface area (Å²) in [5.74, 6) is 1.24. The van der Waals surface area contributed by atoms with Gasteiger partial charge in [0.05, 0.1) is 0 Å². The Morgan fingerprint density at radius 1 is 1.13 bits per heavy atom. The Labute approximate surface area is 176 Å². The van der Waals surface area contributed by atoms with E-state index in [1.807, 2.05) is 12.4 Å². The molecule has 1 aromatic carbocycles. The highest BCUT2D eigenvalue weighted by Crippen LogP contribution is 2.30. The van der Waals surface area contributed by atoms with Crippen molar-refractivity contribution in [1.29, 1.82) is 0 Å². The summed E-state index contributed by atoms with van der Waals surface area (Å²) in [6.45, 7) is 5.52. The zero-order chi connectivity index (χ0) is 21.1. The second-order valence-electron chi connectivity index (χ2n) is 7.77. The molecule has 0 spiro atoms. The monoisotopic (exact) mass is 405 g/mol. The minimum Gasteiger partial charge on any atom is -0.480 e. The predicted octanol–water partition coefficient (Wildman–Crippen LogP) is 3.23. The molecule has 4 rings (SSSR count). The summed E-state index contributed by atoms with van der Waals surface area (Å²) in [6.07, 6.45) is 8.45. The van der Waals surface area contributed by atoms with Crippen molar-refractivity contribution in [3.05, 3.63) is 59.8 Å². The molecule has 0 atom stereocenters. The summed E-state index contributed by atoms with van der Waals surface area (Å²) in [4.78, 5) is 22.5. The van der Waals surface area contributed by atoms with Crippen LogP contribution in [0.2, 0.25) is 0 Å². The number of aromatic nitrogens is 4. The number of rotatable bonds is 8. The molecule has 0 amide bonds. The van der Waals surface area contributed by atoms with Gasteiger partial charge in [-0.15, -0.1) is 0 Å². The highest BCUT2D eigenvalue weighted by Gasteiger charge is 2.22. The molecule has 2 aromatic heterocycles. The Kier molecular flexibility index (Phi) is 5.79. The molecule has 0 unspecified atom stereocenters. The van der Waals surface area contributed by atoms with Crippen molar-refractivity contribution in [2.24, 2.45) is 5.92 Å². The third-order valence-electron chi connectivity index (χ3n) is 5.73. The maximum Gasteiger partial charge on any atom is 0.325 e. The van der Waals surface area contributed by atoms with Gasteiger partial charge in [0.15, 0.2) is 5.82 Å². The maximum atomic E-state index is 11.1. The number of benzene rings is 1. The third-order valence-corrected chi connectivity index (χ3v) is 5.73. The summed E-state index contributed by atoms with van der Waals surface area (Å²) < 4.78 is 1.47. The number of carboxylic acid groups (broad SMARTS) is 1. The van der Waals surface area contributed by atoms with Crippen LogP contribution >= 0.6 is 0 Å². The van der Waals surface area contributed by atoms with Crippen molar-refractivity contribution in [1.82, 2.24) is 19.7 Å². The van der Waals surface area contributed by atoms with Gasteiger partial charge in [0.1, 0.15) is 12.4 Å². The van der Waals surface area contributed by atoms with E-state index in [-0.39, 0.29) is 6.54 Å². The van der Waals surface area contributed by atoms with E-state index in [1.54, 1.807) is 6.20 Å². The number of nitrogens with zero attached hydrogens (tertiary/aromatic N) is 5. The Balaban J connectivity index is 1.53. The molecule has 0 saturated heterocycles. The summed E-state index contributed by atoms with van der Waals surface area (Å²) in [7, 11) is 0. The zero-order valence-electron chi connectivity index (χ0n) is 17.5. The number of hydrogen-bond donors (Lipinski definition) is 1. The van der Waals surface area contributed by atoms with Crippen molar-refractivity contribution < 1.29 is 9.90 Å². The van der Waals surface area contributed by atoms with Crippen LogP contribution in [0.25, 0.3) is 11.1 Å². The van der Waals surface area contributed by atoms with Gasteiger partial charge in [-0.05, 0) is 43.7 Å². The molecule has 0 aliphatic heterocycles. The smallest absolute Gasteiger partial charge is 0.325 e. The highest BCUT2D eigenvalue weighted by atomic mass is 16.4. The van der Waals surface area contributed by atoms with E-state index in [2.05, 4.69) is 58.1 Å². The fourth-order valence-corrected chi connectivity index (χ4v) is 4.24. The second-order valence-corrected chi connectivity index (χ2v) is 7.77. The van der Waals surface area contributed by atoms with E-state index in [0.717, 1.165) is 55.1 Å². The van der Waals surface area contributed by atoms with Crippen LogP contribution in [0.15, 0.2) is 42.9 Å². The average Bonchev–Trinajstić information content (AvgIpc) is 3.33. The van der Waals surface area contributed by atoms with Crippen molar-refractivity contribution in [3.63, 3.8) is 0 Å². The van der Waals surface area contributed by atoms with Crippen LogP contribution in [0.4, 0.5) is 5.82 Å². The SMILES string of the molecule is CCN(CC)c1nn(CC(=O)O)cc1-c1cnc(CC2Cc3ccccc3C2)nc1. The van der Waals surface area contributed by atoms with Gasteiger partial charge in [-0.25, -0.2) is 9.97 Å². The van der Waals surface area contributed by atoms with Gasteiger partial charge >= 0.3 is 5.97 Å². The van der Waals surface area contributed by atoms with E-state index >= 15 is 0 Å². The van der Waals surface area contributed by atoms with Gasteiger partial charge in [0, 0.05) is 49.2 Å². The number of aliphatic carboxylic acids is 1. The topological polar surface area (TPSA) is 84.1 Å². The fourth-order valence-electron chi connectivity index (χ4n) is 4.24. The van der Waals surface area contributed by atoms with Gasteiger partial charge in [-0.1, -0.05) is 24.3 Å². The number of carbonyl (C=O) groups is 1. The lowest BCUT2D eigenvalue weighted by molar-refractivity contribution is -0.137. The maximum absolute atomic E-state index is 11.1. The van der Waals surface area contributed by atoms with E-state index < -0.39 is 5.97 Å². The van der Waals surface area contributed by atoms with Crippen LogP contribution in [0.5, 0.6) is 0 Å².